The van der Waals surface area contributed by atoms with E-state index in [1.165, 1.54) is 11.1 Å². The molecule has 0 unspecified atom stereocenters. The van der Waals surface area contributed by atoms with Gasteiger partial charge in [-0.25, -0.2) is 0 Å². The maximum absolute atomic E-state index is 12.4. The van der Waals surface area contributed by atoms with Crippen LogP contribution in [0.1, 0.15) is 22.3 Å². The molecule has 0 aromatic heterocycles. The fourth-order valence-corrected chi connectivity index (χ4v) is 2.21. The van der Waals surface area contributed by atoms with Gasteiger partial charge in [0.05, 0.1) is 6.42 Å². The summed E-state index contributed by atoms with van der Waals surface area (Å²) in [6.07, 6.45) is 0.413. The minimum Gasteiger partial charge on any atom is -0.326 e. The maximum Gasteiger partial charge on any atom is 0.231 e. The molecular weight excluding hydrogens is 260 g/mol. The molecule has 2 rings (SSSR count). The van der Waals surface area contributed by atoms with E-state index in [1.807, 2.05) is 30.3 Å². The van der Waals surface area contributed by atoms with Crippen LogP contribution in [0.25, 0.3) is 0 Å². The molecule has 0 aliphatic heterocycles. The third-order valence-corrected chi connectivity index (χ3v) is 3.86. The monoisotopic (exact) mass is 282 g/mol. The van der Waals surface area contributed by atoms with Crippen LogP contribution < -0.4 is 10.6 Å². The lowest BCUT2D eigenvalue weighted by Crippen LogP contribution is -2.27. The standard InChI is InChI=1S/C18H22N2O/c1-13-4-5-16(10-14(13)2)11-18(21)20(3)17-8-6-15(12-19)7-9-17/h4-10H,11-12,19H2,1-3H3. The Morgan fingerprint density at radius 3 is 2.19 bits per heavy atom. The zero-order valence-electron chi connectivity index (χ0n) is 12.9. The summed E-state index contributed by atoms with van der Waals surface area (Å²) in [6.45, 7) is 4.66. The van der Waals surface area contributed by atoms with Crippen LogP contribution in [-0.2, 0) is 17.8 Å². The highest BCUT2D eigenvalue weighted by molar-refractivity contribution is 5.94. The zero-order valence-corrected chi connectivity index (χ0v) is 12.9. The van der Waals surface area contributed by atoms with Crippen LogP contribution >= 0.6 is 0 Å². The molecular formula is C18H22N2O. The van der Waals surface area contributed by atoms with Gasteiger partial charge in [0, 0.05) is 19.3 Å². The fraction of sp³-hybridized carbons (Fsp3) is 0.278. The minimum atomic E-state index is 0.0822. The van der Waals surface area contributed by atoms with E-state index < -0.39 is 0 Å². The molecule has 0 atom stereocenters. The molecule has 0 fully saturated rings. The van der Waals surface area contributed by atoms with Crippen LogP contribution in [-0.4, -0.2) is 13.0 Å². The van der Waals surface area contributed by atoms with Crippen molar-refractivity contribution in [3.63, 3.8) is 0 Å². The first-order valence-electron chi connectivity index (χ1n) is 7.13. The summed E-state index contributed by atoms with van der Waals surface area (Å²) in [5.41, 5.74) is 11.1. The molecule has 110 valence electrons. The Kier molecular flexibility index (Phi) is 4.76. The molecule has 0 heterocycles. The molecule has 0 bridgehead atoms. The number of nitrogens with two attached hydrogens (primary N) is 1. The summed E-state index contributed by atoms with van der Waals surface area (Å²) >= 11 is 0. The van der Waals surface area contributed by atoms with Crippen molar-refractivity contribution in [2.45, 2.75) is 26.8 Å². The number of carbonyl (C=O) groups excluding carboxylic acids is 1. The lowest BCUT2D eigenvalue weighted by molar-refractivity contribution is -0.117. The lowest BCUT2D eigenvalue weighted by atomic mass is 10.0. The Bertz CT molecular complexity index is 632. The number of amides is 1. The molecule has 0 spiro atoms. The predicted octanol–water partition coefficient (Wildman–Crippen LogP) is 2.97. The quantitative estimate of drug-likeness (QED) is 0.937. The van der Waals surface area contributed by atoms with Gasteiger partial charge in [0.15, 0.2) is 0 Å². The normalized spacial score (nSPS) is 10.5. The molecule has 2 aromatic rings. The van der Waals surface area contributed by atoms with Gasteiger partial charge in [0.25, 0.3) is 0 Å². The Balaban J connectivity index is 2.09. The summed E-state index contributed by atoms with van der Waals surface area (Å²) in [5, 5.41) is 0. The van der Waals surface area contributed by atoms with E-state index in [-0.39, 0.29) is 5.91 Å². The van der Waals surface area contributed by atoms with E-state index in [0.717, 1.165) is 16.8 Å². The second kappa shape index (κ2) is 6.55. The first kappa shape index (κ1) is 15.3. The van der Waals surface area contributed by atoms with Crippen LogP contribution in [0, 0.1) is 13.8 Å². The number of carbonyl (C=O) groups is 1. The molecule has 0 aliphatic carbocycles. The molecule has 0 saturated carbocycles. The van der Waals surface area contributed by atoms with Gasteiger partial charge in [0.1, 0.15) is 0 Å². The van der Waals surface area contributed by atoms with Gasteiger partial charge in [-0.3, -0.25) is 4.79 Å². The first-order valence-corrected chi connectivity index (χ1v) is 7.13. The Labute approximate surface area is 126 Å². The second-order valence-electron chi connectivity index (χ2n) is 5.42. The van der Waals surface area contributed by atoms with Gasteiger partial charge < -0.3 is 10.6 Å². The fourth-order valence-electron chi connectivity index (χ4n) is 2.21. The van der Waals surface area contributed by atoms with E-state index >= 15 is 0 Å². The summed E-state index contributed by atoms with van der Waals surface area (Å²) in [6, 6.07) is 13.9. The van der Waals surface area contributed by atoms with Crippen molar-refractivity contribution >= 4 is 11.6 Å². The van der Waals surface area contributed by atoms with Crippen molar-refractivity contribution in [3.8, 4) is 0 Å². The van der Waals surface area contributed by atoms with E-state index in [0.29, 0.717) is 13.0 Å². The van der Waals surface area contributed by atoms with Gasteiger partial charge in [-0.2, -0.15) is 0 Å². The van der Waals surface area contributed by atoms with Crippen LogP contribution in [0.4, 0.5) is 5.69 Å². The molecule has 2 N–H and O–H groups in total. The van der Waals surface area contributed by atoms with Crippen molar-refractivity contribution in [3.05, 3.63) is 64.7 Å². The summed E-state index contributed by atoms with van der Waals surface area (Å²) in [7, 11) is 1.81. The van der Waals surface area contributed by atoms with Crippen molar-refractivity contribution in [2.24, 2.45) is 5.73 Å². The Morgan fingerprint density at radius 2 is 1.62 bits per heavy atom. The molecule has 3 nitrogen and oxygen atoms in total. The van der Waals surface area contributed by atoms with Crippen LogP contribution in [0.3, 0.4) is 0 Å². The number of aryl methyl sites for hydroxylation is 2. The zero-order chi connectivity index (χ0) is 15.4. The predicted molar refractivity (Wildman–Crippen MR) is 87.4 cm³/mol. The average Bonchev–Trinajstić information content (AvgIpc) is 2.50. The minimum absolute atomic E-state index is 0.0822. The molecule has 0 radical (unpaired) electrons. The van der Waals surface area contributed by atoms with Gasteiger partial charge in [0.2, 0.25) is 5.91 Å². The van der Waals surface area contributed by atoms with E-state index in [9.17, 15) is 4.79 Å². The highest BCUT2D eigenvalue weighted by Crippen LogP contribution is 2.16. The summed E-state index contributed by atoms with van der Waals surface area (Å²) < 4.78 is 0. The van der Waals surface area contributed by atoms with E-state index in [4.69, 9.17) is 5.73 Å². The molecule has 1 amide bonds. The number of anilines is 1. The van der Waals surface area contributed by atoms with Crippen LogP contribution in [0.15, 0.2) is 42.5 Å². The van der Waals surface area contributed by atoms with E-state index in [1.54, 1.807) is 11.9 Å². The van der Waals surface area contributed by atoms with Crippen molar-refractivity contribution in [1.29, 1.82) is 0 Å². The third kappa shape index (κ3) is 3.70. The summed E-state index contributed by atoms with van der Waals surface area (Å²) in [4.78, 5) is 14.1. The molecule has 3 heteroatoms. The number of hydrogen-bond acceptors (Lipinski definition) is 2. The van der Waals surface area contributed by atoms with Crippen molar-refractivity contribution < 1.29 is 4.79 Å². The SMILES string of the molecule is Cc1ccc(CC(=O)N(C)c2ccc(CN)cc2)cc1C. The number of hydrogen-bond donors (Lipinski definition) is 1. The summed E-state index contributed by atoms with van der Waals surface area (Å²) in [5.74, 6) is 0.0822. The number of rotatable bonds is 4. The molecule has 0 saturated heterocycles. The van der Waals surface area contributed by atoms with Crippen molar-refractivity contribution in [2.75, 3.05) is 11.9 Å². The van der Waals surface area contributed by atoms with Gasteiger partial charge in [-0.05, 0) is 48.2 Å². The smallest absolute Gasteiger partial charge is 0.231 e. The lowest BCUT2D eigenvalue weighted by Gasteiger charge is -2.18. The third-order valence-electron chi connectivity index (χ3n) is 3.86. The van der Waals surface area contributed by atoms with Crippen molar-refractivity contribution in [1.82, 2.24) is 0 Å². The first-order chi connectivity index (χ1) is 10.0. The van der Waals surface area contributed by atoms with Gasteiger partial charge in [-0.15, -0.1) is 0 Å². The molecule has 2 aromatic carbocycles. The largest absolute Gasteiger partial charge is 0.326 e. The molecule has 21 heavy (non-hydrogen) atoms. The number of likely N-dealkylation sites (N-methyl/N-ethyl adjacent to an activating group) is 1. The Morgan fingerprint density at radius 1 is 1.00 bits per heavy atom. The number of nitrogens with zero attached hydrogens (tertiary/aromatic N) is 1. The Hall–Kier alpha value is -2.13. The topological polar surface area (TPSA) is 46.3 Å². The highest BCUT2D eigenvalue weighted by atomic mass is 16.2. The van der Waals surface area contributed by atoms with Crippen LogP contribution in [0.2, 0.25) is 0 Å². The van der Waals surface area contributed by atoms with Crippen LogP contribution in [0.5, 0.6) is 0 Å². The average molecular weight is 282 g/mol. The second-order valence-corrected chi connectivity index (χ2v) is 5.42. The maximum atomic E-state index is 12.4. The molecule has 0 aliphatic rings. The number of benzene rings is 2. The van der Waals surface area contributed by atoms with E-state index in [2.05, 4.69) is 26.0 Å². The van der Waals surface area contributed by atoms with Gasteiger partial charge in [-0.1, -0.05) is 30.3 Å². The van der Waals surface area contributed by atoms with Gasteiger partial charge >= 0.3 is 0 Å². The highest BCUT2D eigenvalue weighted by Gasteiger charge is 2.12.